The molecule has 0 N–H and O–H groups in total. The second kappa shape index (κ2) is 9.38. The van der Waals surface area contributed by atoms with E-state index in [1.165, 1.54) is 24.3 Å². The zero-order chi connectivity index (χ0) is 24.4. The van der Waals surface area contributed by atoms with Crippen LogP contribution in [0, 0.1) is 15.9 Å². The van der Waals surface area contributed by atoms with E-state index >= 15 is 0 Å². The van der Waals surface area contributed by atoms with Crippen LogP contribution in [-0.4, -0.2) is 15.7 Å². The van der Waals surface area contributed by atoms with Crippen LogP contribution in [-0.2, 0) is 13.1 Å². The van der Waals surface area contributed by atoms with Crippen LogP contribution in [0.5, 0.6) is 0 Å². The van der Waals surface area contributed by atoms with E-state index in [-0.39, 0.29) is 29.5 Å². The summed E-state index contributed by atoms with van der Waals surface area (Å²) >= 11 is 0. The lowest BCUT2D eigenvalue weighted by molar-refractivity contribution is -0.384. The fourth-order valence-electron chi connectivity index (χ4n) is 4.51. The van der Waals surface area contributed by atoms with Gasteiger partial charge in [0, 0.05) is 25.2 Å². The molecule has 174 valence electrons. The Kier molecular flexibility index (Phi) is 5.97. The summed E-state index contributed by atoms with van der Waals surface area (Å²) in [7, 11) is 0. The van der Waals surface area contributed by atoms with Crippen LogP contribution in [0.4, 0.5) is 15.8 Å². The number of nitro benzene ring substituents is 1. The molecule has 5 rings (SSSR count). The number of hydrogen-bond acceptors (Lipinski definition) is 4. The zero-order valence-electron chi connectivity index (χ0n) is 18.8. The van der Waals surface area contributed by atoms with Gasteiger partial charge < -0.3 is 9.80 Å². The van der Waals surface area contributed by atoms with E-state index in [4.69, 9.17) is 0 Å². The lowest BCUT2D eigenvalue weighted by atomic mass is 9.98. The van der Waals surface area contributed by atoms with Gasteiger partial charge in [0.2, 0.25) is 0 Å². The molecule has 0 bridgehead atoms. The van der Waals surface area contributed by atoms with Crippen molar-refractivity contribution in [2.75, 3.05) is 4.90 Å². The van der Waals surface area contributed by atoms with Crippen molar-refractivity contribution in [1.29, 1.82) is 0 Å². The molecule has 0 saturated carbocycles. The molecule has 6 nitrogen and oxygen atoms in total. The molecular formula is C28H22FN3O3. The van der Waals surface area contributed by atoms with Crippen LogP contribution in [0.2, 0.25) is 0 Å². The average molecular weight is 468 g/mol. The number of nitrogens with zero attached hydrogens (tertiary/aromatic N) is 3. The van der Waals surface area contributed by atoms with E-state index in [0.717, 1.165) is 16.7 Å². The Morgan fingerprint density at radius 1 is 0.771 bits per heavy atom. The molecule has 0 aliphatic carbocycles. The number of halogens is 1. The van der Waals surface area contributed by atoms with Crippen molar-refractivity contribution in [2.24, 2.45) is 0 Å². The fraction of sp³-hybridized carbons (Fsp3) is 0.107. The summed E-state index contributed by atoms with van der Waals surface area (Å²) < 4.78 is 13.8. The van der Waals surface area contributed by atoms with Gasteiger partial charge in [0.25, 0.3) is 11.6 Å². The Balaban J connectivity index is 1.69. The minimum Gasteiger partial charge on any atom is -0.342 e. The largest absolute Gasteiger partial charge is 0.342 e. The number of nitro groups is 1. The van der Waals surface area contributed by atoms with Crippen molar-refractivity contribution >= 4 is 17.3 Å². The highest BCUT2D eigenvalue weighted by Crippen LogP contribution is 2.42. The SMILES string of the molecule is O=C1c2cc([N+](=O)[O-])ccc2N(Cc2ccccc2)[C@@H](c2ccc(F)cc2)N1Cc1ccccc1. The maximum atomic E-state index is 13.8. The summed E-state index contributed by atoms with van der Waals surface area (Å²) in [6, 6.07) is 29.9. The number of anilines is 1. The molecule has 7 heteroatoms. The first-order valence-corrected chi connectivity index (χ1v) is 11.2. The van der Waals surface area contributed by atoms with E-state index < -0.39 is 11.1 Å². The molecular weight excluding hydrogens is 445 g/mol. The van der Waals surface area contributed by atoms with Gasteiger partial charge in [-0.1, -0.05) is 72.8 Å². The maximum Gasteiger partial charge on any atom is 0.270 e. The standard InChI is InChI=1S/C28H22FN3O3/c29-23-13-11-22(12-14-23)27-30(18-20-7-3-1-4-8-20)26-16-15-24(32(34)35)17-25(26)28(33)31(27)19-21-9-5-2-6-10-21/h1-17,27H,18-19H2/t27-/m1/s1. The molecule has 0 aromatic heterocycles. The number of carbonyl (C=O) groups is 1. The molecule has 0 spiro atoms. The Hall–Kier alpha value is -4.52. The second-order valence-electron chi connectivity index (χ2n) is 8.42. The number of rotatable bonds is 6. The van der Waals surface area contributed by atoms with Gasteiger partial charge in [-0.3, -0.25) is 14.9 Å². The summed E-state index contributed by atoms with van der Waals surface area (Å²) in [5, 5.41) is 11.5. The van der Waals surface area contributed by atoms with E-state index in [1.54, 1.807) is 23.1 Å². The summed E-state index contributed by atoms with van der Waals surface area (Å²) in [6.45, 7) is 0.738. The van der Waals surface area contributed by atoms with Crippen molar-refractivity contribution in [1.82, 2.24) is 4.90 Å². The Morgan fingerprint density at radius 3 is 1.91 bits per heavy atom. The van der Waals surface area contributed by atoms with Gasteiger partial charge in [-0.25, -0.2) is 4.39 Å². The third kappa shape index (κ3) is 4.48. The van der Waals surface area contributed by atoms with E-state index in [1.807, 2.05) is 65.6 Å². The first-order chi connectivity index (χ1) is 17.0. The molecule has 1 heterocycles. The van der Waals surface area contributed by atoms with Gasteiger partial charge >= 0.3 is 0 Å². The van der Waals surface area contributed by atoms with Crippen molar-refractivity contribution in [3.8, 4) is 0 Å². The van der Waals surface area contributed by atoms with Crippen LogP contribution >= 0.6 is 0 Å². The predicted molar refractivity (Wildman–Crippen MR) is 131 cm³/mol. The predicted octanol–water partition coefficient (Wildman–Crippen LogP) is 6.10. The molecule has 4 aromatic carbocycles. The van der Waals surface area contributed by atoms with Crippen LogP contribution in [0.3, 0.4) is 0 Å². The van der Waals surface area contributed by atoms with Crippen LogP contribution in [0.25, 0.3) is 0 Å². The van der Waals surface area contributed by atoms with E-state index in [0.29, 0.717) is 12.2 Å². The lowest BCUT2D eigenvalue weighted by Crippen LogP contribution is -2.48. The van der Waals surface area contributed by atoms with E-state index in [9.17, 15) is 19.3 Å². The van der Waals surface area contributed by atoms with E-state index in [2.05, 4.69) is 0 Å². The van der Waals surface area contributed by atoms with Crippen molar-refractivity contribution < 1.29 is 14.1 Å². The Bertz CT molecular complexity index is 1360. The summed E-state index contributed by atoms with van der Waals surface area (Å²) in [4.78, 5) is 28.6. The summed E-state index contributed by atoms with van der Waals surface area (Å²) in [5.74, 6) is -0.678. The highest BCUT2D eigenvalue weighted by Gasteiger charge is 2.39. The quantitative estimate of drug-likeness (QED) is 0.254. The number of non-ortho nitro benzene ring substituents is 1. The number of hydrogen-bond donors (Lipinski definition) is 0. The molecule has 1 aliphatic rings. The summed E-state index contributed by atoms with van der Waals surface area (Å²) in [5.41, 5.74) is 3.40. The second-order valence-corrected chi connectivity index (χ2v) is 8.42. The smallest absolute Gasteiger partial charge is 0.270 e. The van der Waals surface area contributed by atoms with Gasteiger partial charge in [-0.2, -0.15) is 0 Å². The molecule has 35 heavy (non-hydrogen) atoms. The third-order valence-electron chi connectivity index (χ3n) is 6.14. The van der Waals surface area contributed by atoms with Gasteiger partial charge in [0.05, 0.1) is 16.2 Å². The average Bonchev–Trinajstić information content (AvgIpc) is 2.88. The molecule has 4 aromatic rings. The topological polar surface area (TPSA) is 66.7 Å². The Morgan fingerprint density at radius 2 is 1.34 bits per heavy atom. The highest BCUT2D eigenvalue weighted by atomic mass is 19.1. The lowest BCUT2D eigenvalue weighted by Gasteiger charge is -2.46. The summed E-state index contributed by atoms with van der Waals surface area (Å²) in [6.07, 6.45) is -0.544. The van der Waals surface area contributed by atoms with Crippen molar-refractivity contribution in [2.45, 2.75) is 19.3 Å². The molecule has 0 radical (unpaired) electrons. The number of fused-ring (bicyclic) bond motifs is 1. The molecule has 0 fully saturated rings. The van der Waals surface area contributed by atoms with Crippen molar-refractivity contribution in [3.05, 3.63) is 141 Å². The van der Waals surface area contributed by atoms with Gasteiger partial charge in [0.1, 0.15) is 12.0 Å². The number of benzene rings is 4. The molecule has 1 amide bonds. The van der Waals surface area contributed by atoms with Gasteiger partial charge in [-0.15, -0.1) is 0 Å². The van der Waals surface area contributed by atoms with Crippen molar-refractivity contribution in [3.63, 3.8) is 0 Å². The minimum atomic E-state index is -0.544. The third-order valence-corrected chi connectivity index (χ3v) is 6.14. The molecule has 1 atom stereocenters. The molecule has 1 aliphatic heterocycles. The normalized spacial score (nSPS) is 15.1. The maximum absolute atomic E-state index is 13.8. The highest BCUT2D eigenvalue weighted by molar-refractivity contribution is 6.02. The van der Waals surface area contributed by atoms with Crippen LogP contribution in [0.1, 0.15) is 33.2 Å². The van der Waals surface area contributed by atoms with Crippen LogP contribution in [0.15, 0.2) is 103 Å². The van der Waals surface area contributed by atoms with Gasteiger partial charge in [0.15, 0.2) is 0 Å². The minimum absolute atomic E-state index is 0.142. The molecule has 0 saturated heterocycles. The first kappa shape index (κ1) is 22.3. The monoisotopic (exact) mass is 467 g/mol. The zero-order valence-corrected chi connectivity index (χ0v) is 18.8. The fourth-order valence-corrected chi connectivity index (χ4v) is 4.51. The van der Waals surface area contributed by atoms with Gasteiger partial charge in [-0.05, 0) is 34.9 Å². The number of amides is 1. The Labute approximate surface area is 202 Å². The number of carbonyl (C=O) groups excluding carboxylic acids is 1. The molecule has 0 unspecified atom stereocenters. The van der Waals surface area contributed by atoms with Crippen LogP contribution < -0.4 is 4.90 Å². The first-order valence-electron chi connectivity index (χ1n) is 11.2.